The van der Waals surface area contributed by atoms with Gasteiger partial charge in [0, 0.05) is 52.0 Å². The van der Waals surface area contributed by atoms with Crippen molar-refractivity contribution in [2.24, 2.45) is 11.5 Å². The summed E-state index contributed by atoms with van der Waals surface area (Å²) in [7, 11) is 0. The van der Waals surface area contributed by atoms with Crippen molar-refractivity contribution < 1.29 is 175 Å². The molecule has 0 saturated carbocycles. The summed E-state index contributed by atoms with van der Waals surface area (Å²) in [6.45, 7) is -8.81. The highest BCUT2D eigenvalue weighted by molar-refractivity contribution is 6.03. The van der Waals surface area contributed by atoms with Crippen LogP contribution < -0.4 is 91.2 Å². The van der Waals surface area contributed by atoms with Crippen LogP contribution in [0.2, 0.25) is 0 Å². The first-order chi connectivity index (χ1) is 64.3. The maximum absolute atomic E-state index is 14.1. The Morgan fingerprint density at radius 1 is 0.279 bits per heavy atom. The first kappa shape index (κ1) is 112. The number of rotatable bonds is 57. The Labute approximate surface area is 772 Å². The molecule has 0 unspecified atom stereocenters. The number of nitrogens with two attached hydrogens (primary N) is 2. The van der Waals surface area contributed by atoms with Gasteiger partial charge < -0.3 is 162 Å². The van der Waals surface area contributed by atoms with Gasteiger partial charge in [0.25, 0.3) is 0 Å². The van der Waals surface area contributed by atoms with Crippen molar-refractivity contribution in [3.05, 3.63) is 0 Å². The van der Waals surface area contributed by atoms with Crippen molar-refractivity contribution in [3.8, 4) is 0 Å². The molecule has 5 aliphatic rings. The van der Waals surface area contributed by atoms with E-state index in [1.807, 2.05) is 21.3 Å². The summed E-state index contributed by atoms with van der Waals surface area (Å²) in [5, 5.41) is 119. The van der Waals surface area contributed by atoms with Crippen molar-refractivity contribution in [3.63, 3.8) is 0 Å². The molecule has 14 atom stereocenters. The Balaban J connectivity index is 1.08. The lowest BCUT2D eigenvalue weighted by molar-refractivity contribution is -0.147. The van der Waals surface area contributed by atoms with Gasteiger partial charge in [0.2, 0.25) is 118 Å². The number of carbonyl (C=O) groups excluding carboxylic acids is 20. The number of aliphatic hydroxyl groups is 2. The molecular weight excluding hydrogens is 1820 g/mol. The molecule has 0 bridgehead atoms. The van der Waals surface area contributed by atoms with E-state index < -0.39 is 355 Å². The van der Waals surface area contributed by atoms with Crippen LogP contribution in [-0.2, 0) is 129 Å². The molecule has 136 heavy (non-hydrogen) atoms. The summed E-state index contributed by atoms with van der Waals surface area (Å²) in [6.07, 6.45) is -4.61. The van der Waals surface area contributed by atoms with Crippen LogP contribution in [0.5, 0.6) is 0 Å². The van der Waals surface area contributed by atoms with Crippen molar-refractivity contribution >= 4 is 160 Å². The lowest BCUT2D eigenvalue weighted by Gasteiger charge is -2.31. The van der Waals surface area contributed by atoms with E-state index in [1.165, 1.54) is 4.90 Å². The van der Waals surface area contributed by atoms with Gasteiger partial charge in [-0.1, -0.05) is 0 Å². The van der Waals surface area contributed by atoms with E-state index in [9.17, 15) is 160 Å². The van der Waals surface area contributed by atoms with Gasteiger partial charge in [-0.05, 0) is 109 Å². The highest BCUT2D eigenvalue weighted by atomic mass is 16.4. The minimum absolute atomic E-state index is 0.00425. The SMILES string of the molecule is NCCCC[C@H](NC(=O)[C@@H](N)CCC(=O)O)C(=O)NCC(=O)N[C@@H](CCC(=O)O)C(=O)N1CCC[C@H]1C(=O)NCC(=O)N[C@@H](CC(=O)O)C(=O)N[C@@H](CC(=O)O)C(=O)NCC(=O)N1CCC[C@H]1C(=O)N[C@@H](CO)C(=O)NCC(=O)N[C@@H](CO)C(=O)N[C@@H](CC(=O)O)C(=O)NCC(=O)N1CCC[C@H]1C(=O)N1CCC[C@H]1C(=O)NCC(=O)N1CCC[C@H]1C(=O)N[C@@H](CCC(=O)O)C(=O)NCC(=O)O. The smallest absolute Gasteiger partial charge is 0.322 e. The Morgan fingerprint density at radius 3 is 1.03 bits per heavy atom. The number of carboxylic acid groups (broad SMARTS) is 7. The van der Waals surface area contributed by atoms with Crippen LogP contribution in [0.15, 0.2) is 0 Å². The van der Waals surface area contributed by atoms with E-state index in [4.69, 9.17) is 26.8 Å². The van der Waals surface area contributed by atoms with E-state index in [0.717, 1.165) is 19.6 Å². The van der Waals surface area contributed by atoms with E-state index in [0.29, 0.717) is 25.7 Å². The number of unbranched alkanes of at least 4 members (excludes halogenated alkanes) is 1. The topological polar surface area (TPSA) is 892 Å². The first-order valence-corrected chi connectivity index (χ1v) is 43.3. The van der Waals surface area contributed by atoms with Crippen molar-refractivity contribution in [2.75, 3.05) is 98.3 Å². The summed E-state index contributed by atoms with van der Waals surface area (Å²) in [6, 6.07) is -22.2. The van der Waals surface area contributed by atoms with E-state index in [2.05, 4.69) is 58.5 Å². The number of nitrogens with one attached hydrogen (secondary N) is 15. The van der Waals surface area contributed by atoms with Crippen LogP contribution in [0.3, 0.4) is 0 Å². The second-order valence-electron chi connectivity index (χ2n) is 32.0. The zero-order chi connectivity index (χ0) is 101. The third-order valence-corrected chi connectivity index (χ3v) is 22.1. The Kier molecular flexibility index (Phi) is 46.0. The Hall–Kier alpha value is -14.5. The molecule has 5 rings (SSSR count). The number of aliphatic hydroxyl groups excluding tert-OH is 2. The molecule has 5 heterocycles. The van der Waals surface area contributed by atoms with Crippen LogP contribution in [0.4, 0.5) is 0 Å². The minimum atomic E-state index is -2.13. The molecule has 28 N–H and O–H groups in total. The molecule has 5 aliphatic heterocycles. The van der Waals surface area contributed by atoms with Gasteiger partial charge in [-0.2, -0.15) is 0 Å². The van der Waals surface area contributed by atoms with Crippen molar-refractivity contribution in [2.45, 2.75) is 226 Å². The Bertz CT molecular complexity index is 4460. The van der Waals surface area contributed by atoms with E-state index >= 15 is 0 Å². The van der Waals surface area contributed by atoms with Gasteiger partial charge in [-0.15, -0.1) is 0 Å². The van der Waals surface area contributed by atoms with Crippen molar-refractivity contribution in [1.29, 1.82) is 0 Å². The largest absolute Gasteiger partial charge is 0.481 e. The fourth-order valence-corrected chi connectivity index (χ4v) is 15.2. The summed E-state index contributed by atoms with van der Waals surface area (Å²) >= 11 is 0. The normalized spacial score (nSPS) is 18.5. The lowest BCUT2D eigenvalue weighted by atomic mass is 10.1. The van der Waals surface area contributed by atoms with Gasteiger partial charge in [-0.3, -0.25) is 129 Å². The van der Waals surface area contributed by atoms with Crippen LogP contribution in [0.1, 0.15) is 141 Å². The number of amides is 20. The van der Waals surface area contributed by atoms with Gasteiger partial charge in [0.1, 0.15) is 85.1 Å². The number of hydrogen-bond acceptors (Lipinski definition) is 31. The maximum atomic E-state index is 14.1. The van der Waals surface area contributed by atoms with Crippen LogP contribution >= 0.6 is 0 Å². The van der Waals surface area contributed by atoms with Gasteiger partial charge in [0.05, 0.1) is 77.8 Å². The van der Waals surface area contributed by atoms with E-state index in [-0.39, 0.29) is 103 Å². The minimum Gasteiger partial charge on any atom is -0.481 e. The van der Waals surface area contributed by atoms with Crippen LogP contribution in [0.25, 0.3) is 0 Å². The van der Waals surface area contributed by atoms with Crippen LogP contribution in [0, 0.1) is 0 Å². The Morgan fingerprint density at radius 2 is 0.588 bits per heavy atom. The third kappa shape index (κ3) is 36.5. The fourth-order valence-electron chi connectivity index (χ4n) is 15.2. The number of likely N-dealkylation sites (tertiary alicyclic amines) is 5. The number of hydrogen-bond donors (Lipinski definition) is 26. The molecule has 0 spiro atoms. The number of carbonyl (C=O) groups is 27. The van der Waals surface area contributed by atoms with E-state index in [1.54, 1.807) is 0 Å². The second kappa shape index (κ2) is 55.9. The third-order valence-electron chi connectivity index (χ3n) is 22.1. The molecule has 20 amide bonds. The maximum Gasteiger partial charge on any atom is 0.322 e. The van der Waals surface area contributed by atoms with Gasteiger partial charge >= 0.3 is 41.8 Å². The molecule has 0 aromatic carbocycles. The summed E-state index contributed by atoms with van der Waals surface area (Å²) in [5.41, 5.74) is 11.3. The zero-order valence-corrected chi connectivity index (χ0v) is 73.7. The molecule has 0 aromatic rings. The lowest BCUT2D eigenvalue weighted by Crippen LogP contribution is -2.58. The molecule has 754 valence electrons. The van der Waals surface area contributed by atoms with Crippen molar-refractivity contribution in [1.82, 2.24) is 104 Å². The summed E-state index contributed by atoms with van der Waals surface area (Å²) < 4.78 is 0. The second-order valence-corrected chi connectivity index (χ2v) is 32.0. The monoisotopic (exact) mass is 1940 g/mol. The molecule has 58 nitrogen and oxygen atoms in total. The molecule has 0 aliphatic carbocycles. The molecule has 58 heteroatoms. The molecule has 0 radical (unpaired) electrons. The van der Waals surface area contributed by atoms with Gasteiger partial charge in [-0.25, -0.2) is 0 Å². The molecule has 5 fully saturated rings. The summed E-state index contributed by atoms with van der Waals surface area (Å²) in [5.74, 6) is -31.7. The predicted molar refractivity (Wildman–Crippen MR) is 450 cm³/mol. The number of carboxylic acids is 7. The first-order valence-electron chi connectivity index (χ1n) is 43.3. The predicted octanol–water partition coefficient (Wildman–Crippen LogP) is -14.8. The zero-order valence-electron chi connectivity index (χ0n) is 73.7. The number of aliphatic carboxylic acids is 7. The molecule has 0 aromatic heterocycles. The quantitative estimate of drug-likeness (QED) is 0.0251. The van der Waals surface area contributed by atoms with Crippen LogP contribution in [-0.4, -0.2) is 413 Å². The average Bonchev–Trinajstić information content (AvgIpc) is 1.66. The highest BCUT2D eigenvalue weighted by Gasteiger charge is 2.46. The number of nitrogens with zero attached hydrogens (tertiary/aromatic N) is 5. The molecule has 5 saturated heterocycles. The molecular formula is C78H116N22O36. The average molecular weight is 1940 g/mol. The highest BCUT2D eigenvalue weighted by Crippen LogP contribution is 2.27. The standard InChI is InChI=1S/C78H116N22O36/c79-20-2-1-8-39(91-65(123)38(80)14-17-58(109)110)66(124)81-29-52(103)88-41(16-19-60(113)114)77(135)99-24-5-9-47(99)73(131)83-31-53(104)89-44(28-63(119)120)71(129)93-42(26-61(115)116)68(126)84-32-55(106)97-22-4-12-50(97)76(134)95-45(36-101)70(128)82-30-54(105)90-46(37-102)72(130)94-43(27-62(117)118)69(127)85-33-57(108)98-23-7-13-51(98)78(136)100-25-6-10-48(100)74(132)86-34-56(107)96-21-3-11-49(96)75(133)92-40(15-18-59(111)112)67(125)87-35-64(121)122/h38-51,101-102H,1-37,79-80H2,(H,81,124)(H,82,128)(H,83,131)(H,84,126)(H,85,127)(H,86,132)(H,87,125)(H,88,103)(H,89,104)(H,90,105)(H,91,123)(H,92,133)(H,93,129)(H,94,130)(H,95,134)(H,109,110)(H,111,112)(H,113,114)(H,115,116)(H,117,118)(H,119,120)(H,121,122)/t38-,39-,40-,41-,42-,43-,44-,45-,46-,47-,48-,49-,50-,51-/m0/s1. The summed E-state index contributed by atoms with van der Waals surface area (Å²) in [4.78, 5) is 355. The fraction of sp³-hybridized carbons (Fsp3) is 0.654. The van der Waals surface area contributed by atoms with Gasteiger partial charge in [0.15, 0.2) is 0 Å².